The van der Waals surface area contributed by atoms with Crippen molar-refractivity contribution in [2.75, 3.05) is 0 Å². The van der Waals surface area contributed by atoms with E-state index in [0.717, 1.165) is 31.2 Å². The van der Waals surface area contributed by atoms with Crippen molar-refractivity contribution in [3.63, 3.8) is 0 Å². The minimum Gasteiger partial charge on any atom is -0.393 e. The van der Waals surface area contributed by atoms with E-state index in [4.69, 9.17) is 11.6 Å². The van der Waals surface area contributed by atoms with Crippen LogP contribution in [-0.4, -0.2) is 28.1 Å². The summed E-state index contributed by atoms with van der Waals surface area (Å²) in [6.45, 7) is 0. The van der Waals surface area contributed by atoms with Crippen LogP contribution in [0.1, 0.15) is 37.3 Å². The molecule has 1 heterocycles. The van der Waals surface area contributed by atoms with Gasteiger partial charge >= 0.3 is 0 Å². The normalized spacial score (nSPS) is 32.4. The summed E-state index contributed by atoms with van der Waals surface area (Å²) in [4.78, 5) is 14.1. The minimum absolute atomic E-state index is 0.0844. The van der Waals surface area contributed by atoms with E-state index in [1.807, 2.05) is 17.0 Å². The first-order valence-corrected chi connectivity index (χ1v) is 7.65. The van der Waals surface area contributed by atoms with Gasteiger partial charge in [0.05, 0.1) is 18.2 Å². The topological polar surface area (TPSA) is 64.3 Å². The number of nitriles is 1. The van der Waals surface area contributed by atoms with Crippen LogP contribution in [0.3, 0.4) is 0 Å². The molecule has 3 rings (SSSR count). The van der Waals surface area contributed by atoms with Gasteiger partial charge in [0.15, 0.2) is 0 Å². The fourth-order valence-electron chi connectivity index (χ4n) is 3.39. The van der Waals surface area contributed by atoms with Crippen molar-refractivity contribution in [3.05, 3.63) is 34.9 Å². The third-order valence-electron chi connectivity index (χ3n) is 4.55. The van der Waals surface area contributed by atoms with Crippen molar-refractivity contribution in [2.45, 2.75) is 43.9 Å². The number of likely N-dealkylation sites (tertiary alicyclic amines) is 1. The lowest BCUT2D eigenvalue weighted by atomic mass is 9.79. The Morgan fingerprint density at radius 2 is 1.81 bits per heavy atom. The second-order valence-electron chi connectivity index (χ2n) is 5.81. The van der Waals surface area contributed by atoms with Crippen LogP contribution in [0.2, 0.25) is 5.02 Å². The maximum atomic E-state index is 12.2. The van der Waals surface area contributed by atoms with E-state index in [-0.39, 0.29) is 24.1 Å². The smallest absolute Gasteiger partial charge is 0.243 e. The molecule has 1 saturated heterocycles. The Morgan fingerprint density at radius 1 is 1.19 bits per heavy atom. The Morgan fingerprint density at radius 3 is 2.38 bits per heavy atom. The number of carbonyl (C=O) groups is 1. The Bertz CT molecular complexity index is 573. The third kappa shape index (κ3) is 2.52. The highest BCUT2D eigenvalue weighted by Gasteiger charge is 2.51. The molecule has 1 amide bonds. The molecule has 5 heteroatoms. The molecule has 0 bridgehead atoms. The zero-order valence-electron chi connectivity index (χ0n) is 11.6. The van der Waals surface area contributed by atoms with Crippen LogP contribution in [-0.2, 0) is 4.79 Å². The molecule has 1 N–H and O–H groups in total. The van der Waals surface area contributed by atoms with E-state index in [1.54, 1.807) is 12.1 Å². The van der Waals surface area contributed by atoms with Gasteiger partial charge < -0.3 is 10.0 Å². The number of β-lactam (4-membered cyclic amide) rings is 1. The Balaban J connectivity index is 1.83. The Kier molecular flexibility index (Phi) is 3.88. The van der Waals surface area contributed by atoms with Crippen molar-refractivity contribution in [1.29, 1.82) is 5.26 Å². The second-order valence-corrected chi connectivity index (χ2v) is 6.25. The Hall–Kier alpha value is -1.57. The van der Waals surface area contributed by atoms with E-state index in [2.05, 4.69) is 6.07 Å². The molecule has 2 fully saturated rings. The molecule has 2 atom stereocenters. The van der Waals surface area contributed by atoms with Gasteiger partial charge in [0.1, 0.15) is 5.92 Å². The number of aliphatic hydroxyl groups excluding tert-OH is 1. The largest absolute Gasteiger partial charge is 0.393 e. The summed E-state index contributed by atoms with van der Waals surface area (Å²) in [5.41, 5.74) is 0.955. The van der Waals surface area contributed by atoms with Crippen LogP contribution in [0.4, 0.5) is 0 Å². The van der Waals surface area contributed by atoms with Gasteiger partial charge in [0, 0.05) is 11.1 Å². The molecule has 0 radical (unpaired) electrons. The van der Waals surface area contributed by atoms with E-state index in [0.29, 0.717) is 5.02 Å². The van der Waals surface area contributed by atoms with Crippen molar-refractivity contribution < 1.29 is 9.90 Å². The van der Waals surface area contributed by atoms with Gasteiger partial charge in [0.25, 0.3) is 0 Å². The van der Waals surface area contributed by atoms with Gasteiger partial charge in [-0.15, -0.1) is 0 Å². The highest BCUT2D eigenvalue weighted by atomic mass is 35.5. The number of benzene rings is 1. The van der Waals surface area contributed by atoms with Crippen LogP contribution in [0.5, 0.6) is 0 Å². The maximum absolute atomic E-state index is 12.2. The monoisotopic (exact) mass is 304 g/mol. The van der Waals surface area contributed by atoms with E-state index in [1.165, 1.54) is 0 Å². The zero-order valence-corrected chi connectivity index (χ0v) is 12.3. The van der Waals surface area contributed by atoms with Gasteiger partial charge in [-0.05, 0) is 43.4 Å². The summed E-state index contributed by atoms with van der Waals surface area (Å²) in [5, 5.41) is 19.5. The van der Waals surface area contributed by atoms with Gasteiger partial charge in [0.2, 0.25) is 5.91 Å². The number of aliphatic hydroxyl groups is 1. The standard InChI is InChI=1S/C16H17ClN2O2/c17-11-3-1-10(2-4-11)15-14(9-18)16(21)19(15)12-5-7-13(20)8-6-12/h1-4,12-15,20H,5-8H2/t12?,13?,14-,15-/m1/s1. The average Bonchev–Trinajstić information content (AvgIpc) is 2.48. The first kappa shape index (κ1) is 14.4. The van der Waals surface area contributed by atoms with Crippen molar-refractivity contribution in [2.24, 2.45) is 5.92 Å². The summed E-state index contributed by atoms with van der Waals surface area (Å²) < 4.78 is 0. The van der Waals surface area contributed by atoms with Gasteiger partial charge in [-0.25, -0.2) is 0 Å². The van der Waals surface area contributed by atoms with E-state index < -0.39 is 5.92 Å². The van der Waals surface area contributed by atoms with Crippen LogP contribution in [0, 0.1) is 17.2 Å². The molecule has 0 unspecified atom stereocenters. The van der Waals surface area contributed by atoms with E-state index >= 15 is 0 Å². The fraction of sp³-hybridized carbons (Fsp3) is 0.500. The molecular weight excluding hydrogens is 288 g/mol. The number of nitrogens with zero attached hydrogens (tertiary/aromatic N) is 2. The second kappa shape index (κ2) is 5.67. The van der Waals surface area contributed by atoms with Crippen molar-refractivity contribution in [3.8, 4) is 6.07 Å². The Labute approximate surface area is 128 Å². The first-order valence-electron chi connectivity index (χ1n) is 7.27. The fourth-order valence-corrected chi connectivity index (χ4v) is 3.52. The molecular formula is C16H17ClN2O2. The molecule has 21 heavy (non-hydrogen) atoms. The predicted octanol–water partition coefficient (Wildman–Crippen LogP) is 2.67. The molecule has 4 nitrogen and oxygen atoms in total. The quantitative estimate of drug-likeness (QED) is 0.854. The lowest BCUT2D eigenvalue weighted by molar-refractivity contribution is -0.159. The SMILES string of the molecule is N#C[C@H]1C(=O)N(C2CCC(O)CC2)[C@@H]1c1ccc(Cl)cc1. The third-order valence-corrected chi connectivity index (χ3v) is 4.80. The number of hydrogen-bond acceptors (Lipinski definition) is 3. The van der Waals surface area contributed by atoms with E-state index in [9.17, 15) is 15.2 Å². The summed E-state index contributed by atoms with van der Waals surface area (Å²) in [5.74, 6) is -0.683. The summed E-state index contributed by atoms with van der Waals surface area (Å²) in [6, 6.07) is 9.41. The number of carbonyl (C=O) groups excluding carboxylic acids is 1. The summed E-state index contributed by atoms with van der Waals surface area (Å²) in [7, 11) is 0. The van der Waals surface area contributed by atoms with Crippen LogP contribution < -0.4 is 0 Å². The molecule has 0 aromatic heterocycles. The summed E-state index contributed by atoms with van der Waals surface area (Å²) in [6.07, 6.45) is 2.79. The average molecular weight is 305 g/mol. The highest BCUT2D eigenvalue weighted by Crippen LogP contribution is 2.44. The van der Waals surface area contributed by atoms with Crippen LogP contribution in [0.15, 0.2) is 24.3 Å². The molecule has 110 valence electrons. The lowest BCUT2D eigenvalue weighted by Crippen LogP contribution is -2.59. The van der Waals surface area contributed by atoms with Crippen molar-refractivity contribution >= 4 is 17.5 Å². The predicted molar refractivity (Wildman–Crippen MR) is 78.4 cm³/mol. The first-order chi connectivity index (χ1) is 10.1. The van der Waals surface area contributed by atoms with Gasteiger partial charge in [-0.1, -0.05) is 23.7 Å². The molecule has 1 saturated carbocycles. The van der Waals surface area contributed by atoms with Crippen LogP contribution in [0.25, 0.3) is 0 Å². The lowest BCUT2D eigenvalue weighted by Gasteiger charge is -2.50. The highest BCUT2D eigenvalue weighted by molar-refractivity contribution is 6.30. The maximum Gasteiger partial charge on any atom is 0.243 e. The molecule has 1 aliphatic heterocycles. The molecule has 1 aromatic carbocycles. The molecule has 1 aromatic rings. The number of rotatable bonds is 2. The molecule has 1 aliphatic carbocycles. The van der Waals surface area contributed by atoms with Crippen LogP contribution >= 0.6 is 11.6 Å². The van der Waals surface area contributed by atoms with Gasteiger partial charge in [-0.3, -0.25) is 4.79 Å². The number of halogens is 1. The minimum atomic E-state index is -0.599. The van der Waals surface area contributed by atoms with Gasteiger partial charge in [-0.2, -0.15) is 5.26 Å². The number of amides is 1. The summed E-state index contributed by atoms with van der Waals surface area (Å²) >= 11 is 5.90. The molecule has 0 spiro atoms. The van der Waals surface area contributed by atoms with Crippen molar-refractivity contribution in [1.82, 2.24) is 4.90 Å². The zero-order chi connectivity index (χ0) is 15.0. The number of hydrogen-bond donors (Lipinski definition) is 1. The molecule has 2 aliphatic rings.